The van der Waals surface area contributed by atoms with Crippen LogP contribution >= 0.6 is 0 Å². The summed E-state index contributed by atoms with van der Waals surface area (Å²) in [6, 6.07) is 12.5. The third-order valence-corrected chi connectivity index (χ3v) is 2.74. The molecule has 0 amide bonds. The van der Waals surface area contributed by atoms with Crippen molar-refractivity contribution < 1.29 is 9.13 Å². The molecule has 0 atom stereocenters. The minimum Gasteiger partial charge on any atom is -0.457 e. The van der Waals surface area contributed by atoms with Crippen LogP contribution in [0.25, 0.3) is 0 Å². The molecular weight excluding hydrogens is 229 g/mol. The van der Waals surface area contributed by atoms with E-state index in [2.05, 4.69) is 0 Å². The van der Waals surface area contributed by atoms with Gasteiger partial charge in [0.1, 0.15) is 17.3 Å². The van der Waals surface area contributed by atoms with E-state index in [1.165, 1.54) is 6.07 Å². The lowest BCUT2D eigenvalue weighted by Gasteiger charge is -2.11. The fraction of sp³-hybridized carbons (Fsp3) is 0.200. The maximum Gasteiger partial charge on any atom is 0.130 e. The third-order valence-electron chi connectivity index (χ3n) is 2.74. The van der Waals surface area contributed by atoms with E-state index in [0.29, 0.717) is 17.9 Å². The van der Waals surface area contributed by atoms with Gasteiger partial charge in [-0.25, -0.2) is 4.39 Å². The quantitative estimate of drug-likeness (QED) is 0.895. The smallest absolute Gasteiger partial charge is 0.130 e. The second-order valence-electron chi connectivity index (χ2n) is 4.16. The number of hydrogen-bond donors (Lipinski definition) is 1. The maximum atomic E-state index is 13.2. The highest BCUT2D eigenvalue weighted by Crippen LogP contribution is 2.26. The number of aryl methyl sites for hydroxylation is 1. The van der Waals surface area contributed by atoms with Crippen LogP contribution in [0.15, 0.2) is 42.5 Å². The summed E-state index contributed by atoms with van der Waals surface area (Å²) in [5, 5.41) is 0. The van der Waals surface area contributed by atoms with Crippen LogP contribution in [-0.4, -0.2) is 6.54 Å². The first-order chi connectivity index (χ1) is 8.70. The molecule has 0 bridgehead atoms. The van der Waals surface area contributed by atoms with Gasteiger partial charge in [-0.3, -0.25) is 0 Å². The average Bonchev–Trinajstić information content (AvgIpc) is 2.37. The molecule has 3 heteroatoms. The standard InChI is InChI=1S/C15H16FNO/c1-11-10-13(6-7-14(11)16)18-15-5-3-2-4-12(15)8-9-17/h2-7,10H,8-9,17H2,1H3. The molecule has 0 heterocycles. The number of halogens is 1. The van der Waals surface area contributed by atoms with Crippen molar-refractivity contribution in [1.29, 1.82) is 0 Å². The van der Waals surface area contributed by atoms with Gasteiger partial charge in [0.2, 0.25) is 0 Å². The van der Waals surface area contributed by atoms with Crippen LogP contribution in [0.2, 0.25) is 0 Å². The van der Waals surface area contributed by atoms with Crippen LogP contribution in [0, 0.1) is 12.7 Å². The zero-order chi connectivity index (χ0) is 13.0. The van der Waals surface area contributed by atoms with E-state index >= 15 is 0 Å². The molecule has 0 unspecified atom stereocenters. The number of ether oxygens (including phenoxy) is 1. The van der Waals surface area contributed by atoms with Gasteiger partial charge in [0, 0.05) is 0 Å². The van der Waals surface area contributed by atoms with Gasteiger partial charge in [0.05, 0.1) is 0 Å². The Bertz CT molecular complexity index is 540. The Morgan fingerprint density at radius 2 is 1.94 bits per heavy atom. The van der Waals surface area contributed by atoms with Crippen molar-refractivity contribution in [3.63, 3.8) is 0 Å². The van der Waals surface area contributed by atoms with Crippen molar-refractivity contribution in [3.8, 4) is 11.5 Å². The molecule has 0 radical (unpaired) electrons. The summed E-state index contributed by atoms with van der Waals surface area (Å²) < 4.78 is 18.9. The lowest BCUT2D eigenvalue weighted by Crippen LogP contribution is -2.03. The Labute approximate surface area is 106 Å². The molecule has 2 aromatic carbocycles. The first-order valence-corrected chi connectivity index (χ1v) is 5.92. The van der Waals surface area contributed by atoms with Crippen LogP contribution in [0.3, 0.4) is 0 Å². The van der Waals surface area contributed by atoms with Crippen LogP contribution in [0.5, 0.6) is 11.5 Å². The summed E-state index contributed by atoms with van der Waals surface area (Å²) in [5.74, 6) is 1.19. The molecular formula is C15H16FNO. The largest absolute Gasteiger partial charge is 0.457 e. The molecule has 0 aliphatic carbocycles. The van der Waals surface area contributed by atoms with Crippen molar-refractivity contribution in [2.24, 2.45) is 5.73 Å². The highest BCUT2D eigenvalue weighted by Gasteiger charge is 2.05. The van der Waals surface area contributed by atoms with E-state index in [1.54, 1.807) is 19.1 Å². The fourth-order valence-electron chi connectivity index (χ4n) is 1.77. The highest BCUT2D eigenvalue weighted by molar-refractivity contribution is 5.39. The van der Waals surface area contributed by atoms with Gasteiger partial charge >= 0.3 is 0 Å². The Morgan fingerprint density at radius 1 is 1.17 bits per heavy atom. The Kier molecular flexibility index (Phi) is 3.95. The molecule has 94 valence electrons. The summed E-state index contributed by atoms with van der Waals surface area (Å²) in [4.78, 5) is 0. The molecule has 0 aliphatic rings. The Morgan fingerprint density at radius 3 is 2.67 bits per heavy atom. The van der Waals surface area contributed by atoms with E-state index in [-0.39, 0.29) is 5.82 Å². The monoisotopic (exact) mass is 245 g/mol. The SMILES string of the molecule is Cc1cc(Oc2ccccc2CCN)ccc1F. The second-order valence-corrected chi connectivity index (χ2v) is 4.16. The van der Waals surface area contributed by atoms with Crippen molar-refractivity contribution in [1.82, 2.24) is 0 Å². The molecule has 0 saturated carbocycles. The number of hydrogen-bond acceptors (Lipinski definition) is 2. The van der Waals surface area contributed by atoms with Gasteiger partial charge in [-0.05, 0) is 55.3 Å². The summed E-state index contributed by atoms with van der Waals surface area (Å²) >= 11 is 0. The lowest BCUT2D eigenvalue weighted by atomic mass is 10.1. The molecule has 0 fully saturated rings. The predicted molar refractivity (Wildman–Crippen MR) is 70.4 cm³/mol. The molecule has 0 aromatic heterocycles. The van der Waals surface area contributed by atoms with E-state index in [9.17, 15) is 4.39 Å². The molecule has 2 N–H and O–H groups in total. The summed E-state index contributed by atoms with van der Waals surface area (Å²) in [6.45, 7) is 2.29. The molecule has 0 spiro atoms. The molecule has 2 rings (SSSR count). The van der Waals surface area contributed by atoms with E-state index in [4.69, 9.17) is 10.5 Å². The summed E-state index contributed by atoms with van der Waals surface area (Å²) in [6.07, 6.45) is 0.760. The van der Waals surface area contributed by atoms with Gasteiger partial charge in [-0.2, -0.15) is 0 Å². The topological polar surface area (TPSA) is 35.2 Å². The van der Waals surface area contributed by atoms with E-state index < -0.39 is 0 Å². The predicted octanol–water partition coefficient (Wildman–Crippen LogP) is 3.43. The maximum absolute atomic E-state index is 13.2. The van der Waals surface area contributed by atoms with Gasteiger partial charge in [-0.1, -0.05) is 18.2 Å². The third kappa shape index (κ3) is 2.87. The number of rotatable bonds is 4. The summed E-state index contributed by atoms with van der Waals surface area (Å²) in [7, 11) is 0. The first-order valence-electron chi connectivity index (χ1n) is 5.92. The number of para-hydroxylation sites is 1. The molecule has 0 saturated heterocycles. The van der Waals surface area contributed by atoms with Gasteiger partial charge < -0.3 is 10.5 Å². The van der Waals surface area contributed by atoms with Crippen LogP contribution in [-0.2, 0) is 6.42 Å². The first kappa shape index (κ1) is 12.6. The van der Waals surface area contributed by atoms with Crippen molar-refractivity contribution in [2.75, 3.05) is 6.54 Å². The molecule has 0 aliphatic heterocycles. The summed E-state index contributed by atoms with van der Waals surface area (Å²) in [5.41, 5.74) is 7.19. The number of benzene rings is 2. The van der Waals surface area contributed by atoms with Crippen molar-refractivity contribution in [3.05, 3.63) is 59.4 Å². The average molecular weight is 245 g/mol. The van der Waals surface area contributed by atoms with Crippen molar-refractivity contribution >= 4 is 0 Å². The number of nitrogens with two attached hydrogens (primary N) is 1. The normalized spacial score (nSPS) is 10.4. The zero-order valence-electron chi connectivity index (χ0n) is 10.3. The highest BCUT2D eigenvalue weighted by atomic mass is 19.1. The van der Waals surface area contributed by atoms with Gasteiger partial charge in [0.15, 0.2) is 0 Å². The Hall–Kier alpha value is -1.87. The lowest BCUT2D eigenvalue weighted by molar-refractivity contribution is 0.473. The zero-order valence-corrected chi connectivity index (χ0v) is 10.3. The van der Waals surface area contributed by atoms with E-state index in [0.717, 1.165) is 17.7 Å². The van der Waals surface area contributed by atoms with Crippen molar-refractivity contribution in [2.45, 2.75) is 13.3 Å². The van der Waals surface area contributed by atoms with E-state index in [1.807, 2.05) is 24.3 Å². The molecule has 18 heavy (non-hydrogen) atoms. The minimum atomic E-state index is -0.224. The van der Waals surface area contributed by atoms with Crippen LogP contribution in [0.1, 0.15) is 11.1 Å². The van der Waals surface area contributed by atoms with Crippen LogP contribution < -0.4 is 10.5 Å². The minimum absolute atomic E-state index is 0.224. The van der Waals surface area contributed by atoms with Gasteiger partial charge in [0.25, 0.3) is 0 Å². The second kappa shape index (κ2) is 5.65. The Balaban J connectivity index is 2.25. The van der Waals surface area contributed by atoms with Gasteiger partial charge in [-0.15, -0.1) is 0 Å². The molecule has 2 nitrogen and oxygen atoms in total. The fourth-order valence-corrected chi connectivity index (χ4v) is 1.77. The van der Waals surface area contributed by atoms with Crippen LogP contribution in [0.4, 0.5) is 4.39 Å². The molecule has 2 aromatic rings.